The van der Waals surface area contributed by atoms with Crippen LogP contribution in [0.25, 0.3) is 20.8 Å². The van der Waals surface area contributed by atoms with Crippen molar-refractivity contribution in [3.63, 3.8) is 0 Å². The smallest absolute Gasteiger partial charge is 0.288 e. The SMILES string of the molecule is Cc1ccc(CN(C(=O)c2ccc(Cl)c([N+](=O)[O-])c2)C2CC(=O)N(c3ccc(-c4nc5ccc(C)cc5s4)cc3)C2=O)cc1. The number of carbonyl (C=O) groups excluding carboxylic acids is 3. The third-order valence-electron chi connectivity index (χ3n) is 7.54. The molecule has 0 saturated carbocycles. The molecule has 0 radical (unpaired) electrons. The number of hydrogen-bond acceptors (Lipinski definition) is 7. The molecule has 0 N–H and O–H groups in total. The maximum Gasteiger partial charge on any atom is 0.288 e. The van der Waals surface area contributed by atoms with Gasteiger partial charge in [-0.3, -0.25) is 24.5 Å². The monoisotopic (exact) mass is 624 g/mol. The molecule has 1 atom stereocenters. The summed E-state index contributed by atoms with van der Waals surface area (Å²) >= 11 is 7.54. The van der Waals surface area contributed by atoms with Crippen LogP contribution in [0, 0.1) is 24.0 Å². The molecule has 1 aliphatic rings. The number of halogens is 1. The molecule has 2 heterocycles. The first-order valence-corrected chi connectivity index (χ1v) is 14.9. The maximum absolute atomic E-state index is 13.9. The Morgan fingerprint density at radius 2 is 1.70 bits per heavy atom. The summed E-state index contributed by atoms with van der Waals surface area (Å²) in [5.74, 6) is -1.63. The molecule has 4 aromatic carbocycles. The zero-order valence-electron chi connectivity index (χ0n) is 23.7. The molecule has 1 saturated heterocycles. The second-order valence-electron chi connectivity index (χ2n) is 10.7. The lowest BCUT2D eigenvalue weighted by Gasteiger charge is -2.28. The van der Waals surface area contributed by atoms with E-state index in [2.05, 4.69) is 6.07 Å². The topological polar surface area (TPSA) is 114 Å². The van der Waals surface area contributed by atoms with Gasteiger partial charge in [-0.05, 0) is 73.5 Å². The van der Waals surface area contributed by atoms with Crippen LogP contribution in [0.4, 0.5) is 11.4 Å². The van der Waals surface area contributed by atoms with Crippen LogP contribution >= 0.6 is 22.9 Å². The van der Waals surface area contributed by atoms with Crippen molar-refractivity contribution in [2.75, 3.05) is 4.90 Å². The number of aryl methyl sites for hydroxylation is 2. The molecule has 1 aliphatic heterocycles. The molecular weight excluding hydrogens is 600 g/mol. The first kappa shape index (κ1) is 29.2. The largest absolute Gasteiger partial charge is 0.322 e. The predicted octanol–water partition coefficient (Wildman–Crippen LogP) is 7.12. The summed E-state index contributed by atoms with van der Waals surface area (Å²) in [4.78, 5) is 58.9. The lowest BCUT2D eigenvalue weighted by atomic mass is 10.1. The van der Waals surface area contributed by atoms with Crippen molar-refractivity contribution in [2.24, 2.45) is 0 Å². The van der Waals surface area contributed by atoms with Gasteiger partial charge in [0.1, 0.15) is 16.1 Å². The number of nitro groups is 1. The Morgan fingerprint density at radius 3 is 2.41 bits per heavy atom. The minimum atomic E-state index is -1.11. The van der Waals surface area contributed by atoms with Gasteiger partial charge in [-0.25, -0.2) is 9.88 Å². The van der Waals surface area contributed by atoms with Gasteiger partial charge in [-0.1, -0.05) is 47.5 Å². The summed E-state index contributed by atoms with van der Waals surface area (Å²) in [6.45, 7) is 3.97. The van der Waals surface area contributed by atoms with Gasteiger partial charge in [-0.15, -0.1) is 11.3 Å². The van der Waals surface area contributed by atoms with E-state index in [0.29, 0.717) is 5.69 Å². The fourth-order valence-electron chi connectivity index (χ4n) is 5.20. The van der Waals surface area contributed by atoms with Crippen LogP contribution in [0.3, 0.4) is 0 Å². The van der Waals surface area contributed by atoms with E-state index in [1.165, 1.54) is 17.0 Å². The average molecular weight is 625 g/mol. The minimum absolute atomic E-state index is 0.0118. The van der Waals surface area contributed by atoms with Gasteiger partial charge in [-0.2, -0.15) is 0 Å². The number of anilines is 1. The van der Waals surface area contributed by atoms with Crippen LogP contribution in [0.15, 0.2) is 84.9 Å². The molecule has 1 unspecified atom stereocenters. The molecule has 5 aromatic rings. The van der Waals surface area contributed by atoms with Crippen molar-refractivity contribution in [1.29, 1.82) is 0 Å². The van der Waals surface area contributed by atoms with E-state index in [4.69, 9.17) is 16.6 Å². The summed E-state index contributed by atoms with van der Waals surface area (Å²) in [5.41, 5.74) is 4.60. The van der Waals surface area contributed by atoms with E-state index in [-0.39, 0.29) is 23.6 Å². The van der Waals surface area contributed by atoms with E-state index >= 15 is 0 Å². The Bertz CT molecular complexity index is 1960. The quantitative estimate of drug-likeness (QED) is 0.108. The number of fused-ring (bicyclic) bond motifs is 1. The Balaban J connectivity index is 1.30. The van der Waals surface area contributed by atoms with Gasteiger partial charge in [0.25, 0.3) is 17.5 Å². The molecule has 0 spiro atoms. The van der Waals surface area contributed by atoms with E-state index < -0.39 is 34.4 Å². The third kappa shape index (κ3) is 5.57. The first-order valence-electron chi connectivity index (χ1n) is 13.7. The highest BCUT2D eigenvalue weighted by Crippen LogP contribution is 2.34. The van der Waals surface area contributed by atoms with E-state index in [0.717, 1.165) is 48.4 Å². The summed E-state index contributed by atoms with van der Waals surface area (Å²) < 4.78 is 1.07. The molecule has 220 valence electrons. The molecule has 3 amide bonds. The number of amides is 3. The fraction of sp³-hybridized carbons (Fsp3) is 0.152. The standard InChI is InChI=1S/C33H25ClN4O5S/c1-19-3-6-21(7-4-19)18-36(32(40)23-10-13-25(34)27(16-23)38(42)43)28-17-30(39)37(33(28)41)24-11-8-22(9-12-24)31-35-26-14-5-20(2)15-29(26)44-31/h3-16,28H,17-18H2,1-2H3. The van der Waals surface area contributed by atoms with E-state index in [1.54, 1.807) is 23.5 Å². The number of imide groups is 1. The molecule has 9 nitrogen and oxygen atoms in total. The zero-order valence-corrected chi connectivity index (χ0v) is 25.3. The molecule has 0 bridgehead atoms. The predicted molar refractivity (Wildman–Crippen MR) is 170 cm³/mol. The average Bonchev–Trinajstić information content (AvgIpc) is 3.56. The van der Waals surface area contributed by atoms with E-state index in [9.17, 15) is 24.5 Å². The lowest BCUT2D eigenvalue weighted by molar-refractivity contribution is -0.384. The number of nitrogens with zero attached hydrogens (tertiary/aromatic N) is 4. The Kier molecular flexibility index (Phi) is 7.71. The molecule has 0 aliphatic carbocycles. The highest BCUT2D eigenvalue weighted by atomic mass is 35.5. The summed E-state index contributed by atoms with van der Waals surface area (Å²) in [6.07, 6.45) is -0.231. The normalized spacial score (nSPS) is 14.8. The number of aromatic nitrogens is 1. The summed E-state index contributed by atoms with van der Waals surface area (Å²) in [7, 11) is 0. The highest BCUT2D eigenvalue weighted by molar-refractivity contribution is 7.21. The highest BCUT2D eigenvalue weighted by Gasteiger charge is 2.44. The van der Waals surface area contributed by atoms with Crippen molar-refractivity contribution >= 4 is 62.3 Å². The molecule has 1 aromatic heterocycles. The number of hydrogen-bond donors (Lipinski definition) is 0. The second-order valence-corrected chi connectivity index (χ2v) is 12.1. The molecule has 6 rings (SSSR count). The van der Waals surface area contributed by atoms with Gasteiger partial charge >= 0.3 is 0 Å². The van der Waals surface area contributed by atoms with E-state index in [1.807, 2.05) is 62.4 Å². The fourth-order valence-corrected chi connectivity index (χ4v) is 6.46. The molecule has 1 fully saturated rings. The number of benzene rings is 4. The zero-order chi connectivity index (χ0) is 31.1. The number of nitro benzene ring substituents is 1. The van der Waals surface area contributed by atoms with Crippen LogP contribution in [0.2, 0.25) is 5.02 Å². The first-order chi connectivity index (χ1) is 21.1. The van der Waals surface area contributed by atoms with Crippen molar-refractivity contribution in [3.8, 4) is 10.6 Å². The molecule has 44 heavy (non-hydrogen) atoms. The number of carbonyl (C=O) groups is 3. The van der Waals surface area contributed by atoms with Crippen LogP contribution in [-0.2, 0) is 16.1 Å². The van der Waals surface area contributed by atoms with Gasteiger partial charge < -0.3 is 4.90 Å². The van der Waals surface area contributed by atoms with Crippen molar-refractivity contribution in [3.05, 3.63) is 122 Å². The van der Waals surface area contributed by atoms with Gasteiger partial charge in [0.2, 0.25) is 5.91 Å². The van der Waals surface area contributed by atoms with Crippen molar-refractivity contribution in [2.45, 2.75) is 32.9 Å². The Morgan fingerprint density at radius 1 is 1.00 bits per heavy atom. The van der Waals surface area contributed by atoms with Crippen LogP contribution in [0.1, 0.15) is 33.5 Å². The van der Waals surface area contributed by atoms with Crippen LogP contribution < -0.4 is 4.90 Å². The maximum atomic E-state index is 13.9. The summed E-state index contributed by atoms with van der Waals surface area (Å²) in [6, 6.07) is 23.2. The van der Waals surface area contributed by atoms with Crippen molar-refractivity contribution in [1.82, 2.24) is 9.88 Å². The second kappa shape index (κ2) is 11.6. The van der Waals surface area contributed by atoms with Gasteiger partial charge in [0.15, 0.2) is 0 Å². The Hall–Kier alpha value is -4.93. The molecule has 11 heteroatoms. The summed E-state index contributed by atoms with van der Waals surface area (Å²) in [5, 5.41) is 12.2. The Labute approximate surface area is 261 Å². The minimum Gasteiger partial charge on any atom is -0.322 e. The van der Waals surface area contributed by atoms with Gasteiger partial charge in [0.05, 0.1) is 27.2 Å². The number of thiazole rings is 1. The third-order valence-corrected chi connectivity index (χ3v) is 8.93. The molecular formula is C33H25ClN4O5S. The van der Waals surface area contributed by atoms with Crippen molar-refractivity contribution < 1.29 is 19.3 Å². The lowest BCUT2D eigenvalue weighted by Crippen LogP contribution is -2.45. The van der Waals surface area contributed by atoms with Gasteiger partial charge in [0, 0.05) is 23.7 Å². The van der Waals surface area contributed by atoms with Crippen LogP contribution in [-0.4, -0.2) is 38.6 Å². The number of rotatable bonds is 7. The van der Waals surface area contributed by atoms with Crippen LogP contribution in [0.5, 0.6) is 0 Å².